The van der Waals surface area contributed by atoms with Crippen LogP contribution in [-0.4, -0.2) is 17.6 Å². The van der Waals surface area contributed by atoms with Gasteiger partial charge in [-0.3, -0.25) is 0 Å². The lowest BCUT2D eigenvalue weighted by molar-refractivity contribution is -0.0627. The van der Waals surface area contributed by atoms with Crippen molar-refractivity contribution in [3.63, 3.8) is 0 Å². The number of halogens is 2. The molecular weight excluding hydrogens is 150 g/mol. The fraction of sp³-hybridized carbons (Fsp3) is 1.00. The van der Waals surface area contributed by atoms with Crippen LogP contribution in [0.1, 0.15) is 26.2 Å². The lowest BCUT2D eigenvalue weighted by Crippen LogP contribution is -2.29. The van der Waals surface area contributed by atoms with Crippen LogP contribution < -0.4 is 0 Å². The first-order chi connectivity index (χ1) is 5.08. The van der Waals surface area contributed by atoms with E-state index in [0.29, 0.717) is 12.8 Å². The van der Waals surface area contributed by atoms with E-state index in [1.807, 2.05) is 0 Å². The van der Waals surface area contributed by atoms with E-state index in [2.05, 4.69) is 0 Å². The molecule has 0 aliphatic heterocycles. The molecule has 1 aliphatic carbocycles. The van der Waals surface area contributed by atoms with Gasteiger partial charge in [0.25, 0.3) is 5.92 Å². The third-order valence-corrected chi connectivity index (χ3v) is 2.54. The molecular formula is C8H14F2O. The smallest absolute Gasteiger partial charge is 0.251 e. The Morgan fingerprint density at radius 1 is 1.64 bits per heavy atom. The molecule has 0 spiro atoms. The summed E-state index contributed by atoms with van der Waals surface area (Å²) in [7, 11) is 0. The van der Waals surface area contributed by atoms with Gasteiger partial charge in [0.2, 0.25) is 0 Å². The van der Waals surface area contributed by atoms with Gasteiger partial charge in [0.15, 0.2) is 0 Å². The number of aliphatic hydroxyl groups excluding tert-OH is 1. The van der Waals surface area contributed by atoms with Gasteiger partial charge in [0, 0.05) is 18.9 Å². The van der Waals surface area contributed by atoms with Gasteiger partial charge in [-0.1, -0.05) is 6.92 Å². The van der Waals surface area contributed by atoms with E-state index < -0.39 is 11.8 Å². The summed E-state index contributed by atoms with van der Waals surface area (Å²) in [5.74, 6) is -3.37. The number of rotatable bonds is 2. The molecule has 0 aromatic carbocycles. The molecule has 2 atom stereocenters. The Morgan fingerprint density at radius 2 is 2.27 bits per heavy atom. The molecule has 1 nitrogen and oxygen atoms in total. The second kappa shape index (κ2) is 3.05. The van der Waals surface area contributed by atoms with Crippen LogP contribution in [0.2, 0.25) is 0 Å². The van der Waals surface area contributed by atoms with Gasteiger partial charge in [0.1, 0.15) is 0 Å². The van der Waals surface area contributed by atoms with Crippen LogP contribution in [0.15, 0.2) is 0 Å². The molecule has 0 saturated heterocycles. The molecule has 0 aromatic heterocycles. The maximum absolute atomic E-state index is 12.9. The van der Waals surface area contributed by atoms with E-state index >= 15 is 0 Å². The molecule has 1 saturated carbocycles. The van der Waals surface area contributed by atoms with Gasteiger partial charge in [-0.2, -0.15) is 0 Å². The monoisotopic (exact) mass is 164 g/mol. The summed E-state index contributed by atoms with van der Waals surface area (Å²) < 4.78 is 25.9. The van der Waals surface area contributed by atoms with E-state index in [1.54, 1.807) is 6.92 Å². The summed E-state index contributed by atoms with van der Waals surface area (Å²) in [5.41, 5.74) is 0. The predicted octanol–water partition coefficient (Wildman–Crippen LogP) is 2.05. The van der Waals surface area contributed by atoms with Gasteiger partial charge in [-0.25, -0.2) is 8.78 Å². The summed E-state index contributed by atoms with van der Waals surface area (Å²) in [6, 6.07) is 0. The molecule has 3 heteroatoms. The first-order valence-corrected chi connectivity index (χ1v) is 4.06. The molecule has 0 heterocycles. The fourth-order valence-electron chi connectivity index (χ4n) is 1.78. The molecule has 0 bridgehead atoms. The SMILES string of the molecule is C[C@@H](CO)C1CCCC1(F)F. The summed E-state index contributed by atoms with van der Waals surface area (Å²) in [6.07, 6.45) is 1.17. The Kier molecular flexibility index (Phi) is 2.47. The molecule has 1 aliphatic rings. The largest absolute Gasteiger partial charge is 0.396 e. The molecule has 0 amide bonds. The Bertz CT molecular complexity index is 136. The van der Waals surface area contributed by atoms with Crippen molar-refractivity contribution in [2.45, 2.75) is 32.1 Å². The van der Waals surface area contributed by atoms with E-state index in [1.165, 1.54) is 0 Å². The molecule has 1 rings (SSSR count). The van der Waals surface area contributed by atoms with Crippen LogP contribution in [0.4, 0.5) is 8.78 Å². The van der Waals surface area contributed by atoms with Crippen molar-refractivity contribution in [2.75, 3.05) is 6.61 Å². The molecule has 0 radical (unpaired) electrons. The minimum atomic E-state index is -2.53. The van der Waals surface area contributed by atoms with Crippen molar-refractivity contribution in [1.82, 2.24) is 0 Å². The number of hydrogen-bond acceptors (Lipinski definition) is 1. The molecule has 11 heavy (non-hydrogen) atoms. The van der Waals surface area contributed by atoms with Crippen LogP contribution in [0.5, 0.6) is 0 Å². The summed E-state index contributed by atoms with van der Waals surface area (Å²) >= 11 is 0. The van der Waals surface area contributed by atoms with Crippen molar-refractivity contribution >= 4 is 0 Å². The van der Waals surface area contributed by atoms with E-state index in [9.17, 15) is 8.78 Å². The minimum Gasteiger partial charge on any atom is -0.396 e. The molecule has 0 aromatic rings. The maximum Gasteiger partial charge on any atom is 0.251 e. The van der Waals surface area contributed by atoms with Gasteiger partial charge >= 0.3 is 0 Å². The fourth-order valence-corrected chi connectivity index (χ4v) is 1.78. The van der Waals surface area contributed by atoms with Crippen molar-refractivity contribution in [2.24, 2.45) is 11.8 Å². The van der Waals surface area contributed by atoms with Crippen LogP contribution in [0.25, 0.3) is 0 Å². The quantitative estimate of drug-likeness (QED) is 0.662. The topological polar surface area (TPSA) is 20.2 Å². The number of aliphatic hydroxyl groups is 1. The molecule has 1 N–H and O–H groups in total. The first kappa shape index (κ1) is 8.91. The average Bonchev–Trinajstić information content (AvgIpc) is 2.28. The molecule has 66 valence electrons. The standard InChI is InChI=1S/C8H14F2O/c1-6(5-11)7-3-2-4-8(7,9)10/h6-7,11H,2-5H2,1H3/t6-,7?/m0/s1. The molecule has 1 fully saturated rings. The Morgan fingerprint density at radius 3 is 2.64 bits per heavy atom. The highest BCUT2D eigenvalue weighted by atomic mass is 19.3. The second-order valence-electron chi connectivity index (χ2n) is 3.42. The predicted molar refractivity (Wildman–Crippen MR) is 38.5 cm³/mol. The zero-order valence-electron chi connectivity index (χ0n) is 6.69. The minimum absolute atomic E-state index is 0.00199. The zero-order valence-corrected chi connectivity index (χ0v) is 6.69. The van der Waals surface area contributed by atoms with Crippen molar-refractivity contribution in [1.29, 1.82) is 0 Å². The second-order valence-corrected chi connectivity index (χ2v) is 3.42. The van der Waals surface area contributed by atoms with Crippen molar-refractivity contribution in [3.8, 4) is 0 Å². The van der Waals surface area contributed by atoms with Gasteiger partial charge in [-0.05, 0) is 18.8 Å². The summed E-state index contributed by atoms with van der Waals surface area (Å²) in [4.78, 5) is 0. The van der Waals surface area contributed by atoms with Gasteiger partial charge in [-0.15, -0.1) is 0 Å². The van der Waals surface area contributed by atoms with Crippen LogP contribution in [0.3, 0.4) is 0 Å². The summed E-state index contributed by atoms with van der Waals surface area (Å²) in [5, 5.41) is 8.69. The third kappa shape index (κ3) is 1.70. The Labute approximate surface area is 65.4 Å². The van der Waals surface area contributed by atoms with Crippen molar-refractivity contribution < 1.29 is 13.9 Å². The van der Waals surface area contributed by atoms with Gasteiger partial charge in [0.05, 0.1) is 0 Å². The maximum atomic E-state index is 12.9. The normalized spacial score (nSPS) is 32.2. The van der Waals surface area contributed by atoms with E-state index in [0.717, 1.165) is 0 Å². The highest BCUT2D eigenvalue weighted by Crippen LogP contribution is 2.43. The lowest BCUT2D eigenvalue weighted by atomic mass is 9.91. The van der Waals surface area contributed by atoms with Gasteiger partial charge < -0.3 is 5.11 Å². The van der Waals surface area contributed by atoms with E-state index in [4.69, 9.17) is 5.11 Å². The number of alkyl halides is 2. The first-order valence-electron chi connectivity index (χ1n) is 4.06. The highest BCUT2D eigenvalue weighted by molar-refractivity contribution is 4.86. The highest BCUT2D eigenvalue weighted by Gasteiger charge is 2.45. The van der Waals surface area contributed by atoms with Crippen LogP contribution >= 0.6 is 0 Å². The Hall–Kier alpha value is -0.180. The van der Waals surface area contributed by atoms with Crippen LogP contribution in [0, 0.1) is 11.8 Å². The van der Waals surface area contributed by atoms with E-state index in [-0.39, 0.29) is 18.9 Å². The third-order valence-electron chi connectivity index (χ3n) is 2.54. The lowest BCUT2D eigenvalue weighted by Gasteiger charge is -2.23. The number of hydrogen-bond donors (Lipinski definition) is 1. The Balaban J connectivity index is 2.57. The molecule has 1 unspecified atom stereocenters. The average molecular weight is 164 g/mol. The van der Waals surface area contributed by atoms with Crippen LogP contribution in [-0.2, 0) is 0 Å². The zero-order chi connectivity index (χ0) is 8.48. The summed E-state index contributed by atoms with van der Waals surface area (Å²) in [6.45, 7) is 1.56. The van der Waals surface area contributed by atoms with Crippen molar-refractivity contribution in [3.05, 3.63) is 0 Å².